The fraction of sp³-hybridized carbons (Fsp3) is 0.273. The molecule has 0 radical (unpaired) electrons. The molecule has 1 unspecified atom stereocenters. The lowest BCUT2D eigenvalue weighted by molar-refractivity contribution is -0.157. The van der Waals surface area contributed by atoms with Crippen molar-refractivity contribution in [1.29, 1.82) is 0 Å². The molecule has 1 aromatic carbocycles. The number of imidazole rings is 1. The largest absolute Gasteiger partial charge is 0.479 e. The highest BCUT2D eigenvalue weighted by Crippen LogP contribution is 2.15. The monoisotopic (exact) mass is 220 g/mol. The van der Waals surface area contributed by atoms with Gasteiger partial charge in [-0.2, -0.15) is 0 Å². The van der Waals surface area contributed by atoms with E-state index in [9.17, 15) is 9.90 Å². The van der Waals surface area contributed by atoms with Crippen molar-refractivity contribution < 1.29 is 15.0 Å². The van der Waals surface area contributed by atoms with Gasteiger partial charge in [0.2, 0.25) is 0 Å². The number of rotatable bonds is 3. The van der Waals surface area contributed by atoms with Crippen molar-refractivity contribution >= 4 is 17.0 Å². The smallest absolute Gasteiger partial charge is 0.337 e. The molecule has 2 rings (SSSR count). The fourth-order valence-corrected chi connectivity index (χ4v) is 1.54. The summed E-state index contributed by atoms with van der Waals surface area (Å²) >= 11 is 0. The number of carbonyl (C=O) groups is 1. The van der Waals surface area contributed by atoms with E-state index in [1.165, 1.54) is 13.3 Å². The van der Waals surface area contributed by atoms with Crippen molar-refractivity contribution in [1.82, 2.24) is 9.55 Å². The van der Waals surface area contributed by atoms with Gasteiger partial charge in [-0.25, -0.2) is 9.78 Å². The minimum Gasteiger partial charge on any atom is -0.479 e. The molecule has 0 spiro atoms. The maximum absolute atomic E-state index is 10.8. The first kappa shape index (κ1) is 10.6. The average molecular weight is 220 g/mol. The van der Waals surface area contributed by atoms with Gasteiger partial charge >= 0.3 is 5.97 Å². The van der Waals surface area contributed by atoms with Gasteiger partial charge in [-0.15, -0.1) is 0 Å². The number of carboxylic acid groups (broad SMARTS) is 1. The Morgan fingerprint density at radius 2 is 2.19 bits per heavy atom. The Balaban J connectivity index is 2.38. The predicted molar refractivity (Wildman–Crippen MR) is 58.0 cm³/mol. The summed E-state index contributed by atoms with van der Waals surface area (Å²) in [6.45, 7) is 1.24. The molecule has 16 heavy (non-hydrogen) atoms. The van der Waals surface area contributed by atoms with Gasteiger partial charge in [-0.05, 0) is 19.1 Å². The highest BCUT2D eigenvalue weighted by molar-refractivity contribution is 5.78. The summed E-state index contributed by atoms with van der Waals surface area (Å²) in [5.74, 6) is -1.25. The lowest BCUT2D eigenvalue weighted by Crippen LogP contribution is -2.39. The lowest BCUT2D eigenvalue weighted by Gasteiger charge is -2.18. The molecule has 0 aliphatic carbocycles. The van der Waals surface area contributed by atoms with E-state index in [1.54, 1.807) is 4.57 Å². The van der Waals surface area contributed by atoms with Crippen LogP contribution in [0.4, 0.5) is 0 Å². The molecular weight excluding hydrogens is 208 g/mol. The average Bonchev–Trinajstić information content (AvgIpc) is 2.61. The van der Waals surface area contributed by atoms with E-state index in [-0.39, 0.29) is 6.54 Å². The quantitative estimate of drug-likeness (QED) is 0.804. The molecule has 1 aromatic heterocycles. The zero-order chi connectivity index (χ0) is 11.8. The number of nitrogens with zero attached hydrogens (tertiary/aromatic N) is 2. The van der Waals surface area contributed by atoms with Crippen molar-refractivity contribution in [2.45, 2.75) is 19.1 Å². The molecule has 0 saturated carbocycles. The first-order chi connectivity index (χ1) is 7.50. The summed E-state index contributed by atoms with van der Waals surface area (Å²) in [7, 11) is 0. The lowest BCUT2D eigenvalue weighted by atomic mass is 10.1. The van der Waals surface area contributed by atoms with Crippen molar-refractivity contribution in [3.63, 3.8) is 0 Å². The molecule has 0 aliphatic rings. The van der Waals surface area contributed by atoms with Crippen LogP contribution in [-0.4, -0.2) is 31.3 Å². The number of para-hydroxylation sites is 2. The van der Waals surface area contributed by atoms with Crippen LogP contribution in [-0.2, 0) is 11.3 Å². The molecular formula is C11H12N2O3. The van der Waals surface area contributed by atoms with Crippen molar-refractivity contribution in [3.8, 4) is 0 Å². The Hall–Kier alpha value is -1.88. The second-order valence-corrected chi connectivity index (χ2v) is 3.94. The minimum atomic E-state index is -1.79. The van der Waals surface area contributed by atoms with E-state index in [0.717, 1.165) is 11.0 Å². The van der Waals surface area contributed by atoms with Gasteiger partial charge in [-0.1, -0.05) is 12.1 Å². The number of fused-ring (bicyclic) bond motifs is 1. The molecule has 0 fully saturated rings. The van der Waals surface area contributed by atoms with E-state index < -0.39 is 11.6 Å². The second kappa shape index (κ2) is 3.61. The van der Waals surface area contributed by atoms with Crippen LogP contribution >= 0.6 is 0 Å². The van der Waals surface area contributed by atoms with Gasteiger partial charge in [0, 0.05) is 0 Å². The molecule has 2 aromatic rings. The first-order valence-electron chi connectivity index (χ1n) is 4.86. The van der Waals surface area contributed by atoms with Gasteiger partial charge in [0.05, 0.1) is 23.9 Å². The highest BCUT2D eigenvalue weighted by atomic mass is 16.4. The summed E-state index contributed by atoms with van der Waals surface area (Å²) in [6, 6.07) is 7.37. The van der Waals surface area contributed by atoms with E-state index in [1.807, 2.05) is 24.3 Å². The Bertz CT molecular complexity index is 531. The summed E-state index contributed by atoms with van der Waals surface area (Å²) in [4.78, 5) is 14.9. The molecule has 1 heterocycles. The highest BCUT2D eigenvalue weighted by Gasteiger charge is 2.30. The third-order valence-electron chi connectivity index (χ3n) is 2.47. The molecule has 0 saturated heterocycles. The molecule has 2 N–H and O–H groups in total. The maximum atomic E-state index is 10.8. The SMILES string of the molecule is CC(O)(Cn1cnc2ccccc21)C(=O)O. The Kier molecular flexibility index (Phi) is 2.40. The van der Waals surface area contributed by atoms with Crippen LogP contribution in [0.5, 0.6) is 0 Å². The van der Waals surface area contributed by atoms with Crippen LogP contribution in [0, 0.1) is 0 Å². The normalized spacial score (nSPS) is 14.9. The van der Waals surface area contributed by atoms with Crippen molar-refractivity contribution in [2.75, 3.05) is 0 Å². The zero-order valence-corrected chi connectivity index (χ0v) is 8.79. The number of carboxylic acids is 1. The molecule has 84 valence electrons. The number of aliphatic carboxylic acids is 1. The molecule has 0 amide bonds. The summed E-state index contributed by atoms with van der Waals surface area (Å²) < 4.78 is 1.63. The van der Waals surface area contributed by atoms with Gasteiger partial charge < -0.3 is 14.8 Å². The molecule has 5 nitrogen and oxygen atoms in total. The third kappa shape index (κ3) is 1.77. The molecule has 0 bridgehead atoms. The van der Waals surface area contributed by atoms with E-state index in [4.69, 9.17) is 5.11 Å². The van der Waals surface area contributed by atoms with Crippen LogP contribution in [0.2, 0.25) is 0 Å². The Morgan fingerprint density at radius 1 is 1.50 bits per heavy atom. The second-order valence-electron chi connectivity index (χ2n) is 3.94. The fourth-order valence-electron chi connectivity index (χ4n) is 1.54. The molecule has 1 atom stereocenters. The van der Waals surface area contributed by atoms with E-state index >= 15 is 0 Å². The minimum absolute atomic E-state index is 0.0250. The summed E-state index contributed by atoms with van der Waals surface area (Å²) in [5, 5.41) is 18.5. The van der Waals surface area contributed by atoms with Crippen LogP contribution in [0.25, 0.3) is 11.0 Å². The third-order valence-corrected chi connectivity index (χ3v) is 2.47. The summed E-state index contributed by atoms with van der Waals surface area (Å²) in [6.07, 6.45) is 1.53. The van der Waals surface area contributed by atoms with Gasteiger partial charge in [-0.3, -0.25) is 0 Å². The van der Waals surface area contributed by atoms with Crippen LogP contribution in [0.3, 0.4) is 0 Å². The van der Waals surface area contributed by atoms with E-state index in [0.29, 0.717) is 0 Å². The van der Waals surface area contributed by atoms with Gasteiger partial charge in [0.1, 0.15) is 0 Å². The zero-order valence-electron chi connectivity index (χ0n) is 8.79. The number of benzene rings is 1. The van der Waals surface area contributed by atoms with Gasteiger partial charge in [0.25, 0.3) is 0 Å². The standard InChI is InChI=1S/C11H12N2O3/c1-11(16,10(14)15)6-13-7-12-8-4-2-3-5-9(8)13/h2-5,7,16H,6H2,1H3,(H,14,15). The molecule has 5 heteroatoms. The van der Waals surface area contributed by atoms with Crippen LogP contribution in [0.1, 0.15) is 6.92 Å². The van der Waals surface area contributed by atoms with Crippen molar-refractivity contribution in [2.24, 2.45) is 0 Å². The maximum Gasteiger partial charge on any atom is 0.337 e. The molecule has 0 aliphatic heterocycles. The number of aliphatic hydroxyl groups is 1. The van der Waals surface area contributed by atoms with Crippen LogP contribution in [0.15, 0.2) is 30.6 Å². The predicted octanol–water partition coefficient (Wildman–Crippen LogP) is 0.872. The van der Waals surface area contributed by atoms with Crippen LogP contribution < -0.4 is 0 Å². The first-order valence-corrected chi connectivity index (χ1v) is 4.86. The number of hydrogen-bond acceptors (Lipinski definition) is 3. The number of hydrogen-bond donors (Lipinski definition) is 2. The van der Waals surface area contributed by atoms with Gasteiger partial charge in [0.15, 0.2) is 5.60 Å². The topological polar surface area (TPSA) is 75.3 Å². The Morgan fingerprint density at radius 3 is 2.88 bits per heavy atom. The summed E-state index contributed by atoms with van der Waals surface area (Å²) in [5.41, 5.74) is -0.198. The van der Waals surface area contributed by atoms with Crippen molar-refractivity contribution in [3.05, 3.63) is 30.6 Å². The number of aromatic nitrogens is 2. The Labute approximate surface area is 92.0 Å². The van der Waals surface area contributed by atoms with E-state index in [2.05, 4.69) is 4.98 Å².